The number of nitrogens with zero attached hydrogens (tertiary/aromatic N) is 4. The largest absolute Gasteiger partial charge is 0.340 e. The van der Waals surface area contributed by atoms with Crippen molar-refractivity contribution in [1.29, 1.82) is 0 Å². The van der Waals surface area contributed by atoms with Gasteiger partial charge in [0, 0.05) is 38.3 Å². The third-order valence-corrected chi connectivity index (χ3v) is 5.13. The molecule has 0 unspecified atom stereocenters. The van der Waals surface area contributed by atoms with Crippen LogP contribution in [0.4, 0.5) is 0 Å². The maximum absolute atomic E-state index is 12.6. The van der Waals surface area contributed by atoms with E-state index in [4.69, 9.17) is 4.52 Å². The Kier molecular flexibility index (Phi) is 5.48. The van der Waals surface area contributed by atoms with Gasteiger partial charge in [-0.15, -0.1) is 0 Å². The van der Waals surface area contributed by atoms with Crippen LogP contribution < -0.4 is 0 Å². The molecule has 2 aromatic carbocycles. The van der Waals surface area contributed by atoms with Crippen molar-refractivity contribution in [3.05, 3.63) is 71.6 Å². The second-order valence-electron chi connectivity index (χ2n) is 7.15. The lowest BCUT2D eigenvalue weighted by Crippen LogP contribution is -2.48. The summed E-state index contributed by atoms with van der Waals surface area (Å²) in [4.78, 5) is 21.3. The molecule has 1 aromatic heterocycles. The van der Waals surface area contributed by atoms with E-state index in [1.807, 2.05) is 42.2 Å². The van der Waals surface area contributed by atoms with Crippen LogP contribution in [-0.2, 0) is 17.8 Å². The van der Waals surface area contributed by atoms with Crippen molar-refractivity contribution in [2.75, 3.05) is 26.2 Å². The highest BCUT2D eigenvalue weighted by atomic mass is 16.5. The molecule has 1 fully saturated rings. The standard InChI is InChI=1S/C22H24N4O2/c1-17-7-5-6-10-19(17)22-23-20(28-24-22)15-21(27)26-13-11-25(12-14-26)16-18-8-3-2-4-9-18/h2-10H,11-16H2,1H3. The van der Waals surface area contributed by atoms with Crippen molar-refractivity contribution < 1.29 is 9.32 Å². The van der Waals surface area contributed by atoms with Gasteiger partial charge < -0.3 is 9.42 Å². The van der Waals surface area contributed by atoms with Crippen LogP contribution in [0.5, 0.6) is 0 Å². The summed E-state index contributed by atoms with van der Waals surface area (Å²) in [5.41, 5.74) is 3.31. The van der Waals surface area contributed by atoms with Crippen molar-refractivity contribution >= 4 is 5.91 Å². The highest BCUT2D eigenvalue weighted by Crippen LogP contribution is 2.20. The number of benzene rings is 2. The van der Waals surface area contributed by atoms with E-state index in [2.05, 4.69) is 39.3 Å². The first-order valence-corrected chi connectivity index (χ1v) is 9.62. The summed E-state index contributed by atoms with van der Waals surface area (Å²) in [6, 6.07) is 18.3. The summed E-state index contributed by atoms with van der Waals surface area (Å²) < 4.78 is 5.32. The van der Waals surface area contributed by atoms with Crippen LogP contribution in [0, 0.1) is 6.92 Å². The fraction of sp³-hybridized carbons (Fsp3) is 0.318. The zero-order valence-electron chi connectivity index (χ0n) is 16.0. The zero-order valence-corrected chi connectivity index (χ0v) is 16.0. The molecule has 0 saturated carbocycles. The Bertz CT molecular complexity index is 930. The van der Waals surface area contributed by atoms with Gasteiger partial charge in [0.15, 0.2) is 0 Å². The van der Waals surface area contributed by atoms with Gasteiger partial charge in [-0.3, -0.25) is 9.69 Å². The minimum absolute atomic E-state index is 0.0411. The highest BCUT2D eigenvalue weighted by Gasteiger charge is 2.23. The number of hydrogen-bond acceptors (Lipinski definition) is 5. The number of amides is 1. The molecule has 0 spiro atoms. The molecule has 0 bridgehead atoms. The smallest absolute Gasteiger partial charge is 0.236 e. The molecule has 28 heavy (non-hydrogen) atoms. The first-order chi connectivity index (χ1) is 13.7. The van der Waals surface area contributed by atoms with E-state index >= 15 is 0 Å². The number of carbonyl (C=O) groups excluding carboxylic acids is 1. The summed E-state index contributed by atoms with van der Waals surface area (Å²) >= 11 is 0. The topological polar surface area (TPSA) is 62.5 Å². The summed E-state index contributed by atoms with van der Waals surface area (Å²) in [5.74, 6) is 0.947. The molecule has 0 N–H and O–H groups in total. The van der Waals surface area contributed by atoms with E-state index in [1.165, 1.54) is 5.56 Å². The number of carbonyl (C=O) groups is 1. The second-order valence-corrected chi connectivity index (χ2v) is 7.15. The summed E-state index contributed by atoms with van der Waals surface area (Å²) in [6.07, 6.45) is 0.150. The molecule has 6 nitrogen and oxygen atoms in total. The van der Waals surface area contributed by atoms with Crippen molar-refractivity contribution in [3.63, 3.8) is 0 Å². The average Bonchev–Trinajstić information content (AvgIpc) is 3.18. The SMILES string of the molecule is Cc1ccccc1-c1noc(CC(=O)N2CCN(Cc3ccccc3)CC2)n1. The van der Waals surface area contributed by atoms with Gasteiger partial charge in [-0.2, -0.15) is 4.98 Å². The van der Waals surface area contributed by atoms with Crippen LogP contribution in [0.1, 0.15) is 17.0 Å². The lowest BCUT2D eigenvalue weighted by atomic mass is 10.1. The predicted octanol–water partition coefficient (Wildman–Crippen LogP) is 2.93. The lowest BCUT2D eigenvalue weighted by Gasteiger charge is -2.34. The molecule has 2 heterocycles. The van der Waals surface area contributed by atoms with Gasteiger partial charge in [-0.25, -0.2) is 0 Å². The molecule has 0 aliphatic carbocycles. The fourth-order valence-electron chi connectivity index (χ4n) is 3.50. The molecular weight excluding hydrogens is 352 g/mol. The summed E-state index contributed by atoms with van der Waals surface area (Å²) in [6.45, 7) is 6.13. The van der Waals surface area contributed by atoms with E-state index in [0.717, 1.165) is 43.9 Å². The van der Waals surface area contributed by atoms with Gasteiger partial charge in [0.2, 0.25) is 17.6 Å². The van der Waals surface area contributed by atoms with Crippen LogP contribution in [-0.4, -0.2) is 52.0 Å². The van der Waals surface area contributed by atoms with E-state index in [1.54, 1.807) is 0 Å². The van der Waals surface area contributed by atoms with Crippen molar-refractivity contribution in [2.24, 2.45) is 0 Å². The van der Waals surface area contributed by atoms with Crippen LogP contribution in [0.3, 0.4) is 0 Å². The summed E-state index contributed by atoms with van der Waals surface area (Å²) in [5, 5.41) is 4.04. The zero-order chi connectivity index (χ0) is 19.3. The Morgan fingerprint density at radius 3 is 2.46 bits per heavy atom. The predicted molar refractivity (Wildman–Crippen MR) is 106 cm³/mol. The molecule has 1 amide bonds. The Labute approximate surface area is 164 Å². The first kappa shape index (κ1) is 18.4. The van der Waals surface area contributed by atoms with E-state index in [-0.39, 0.29) is 12.3 Å². The van der Waals surface area contributed by atoms with Crippen molar-refractivity contribution in [1.82, 2.24) is 19.9 Å². The van der Waals surface area contributed by atoms with Gasteiger partial charge >= 0.3 is 0 Å². The molecule has 4 rings (SSSR count). The van der Waals surface area contributed by atoms with E-state index in [9.17, 15) is 4.79 Å². The molecule has 144 valence electrons. The molecule has 3 aromatic rings. The normalized spacial score (nSPS) is 15.0. The van der Waals surface area contributed by atoms with Gasteiger partial charge in [0.25, 0.3) is 0 Å². The quantitative estimate of drug-likeness (QED) is 0.685. The first-order valence-electron chi connectivity index (χ1n) is 9.62. The van der Waals surface area contributed by atoms with Gasteiger partial charge in [0.1, 0.15) is 6.42 Å². The Balaban J connectivity index is 1.31. The summed E-state index contributed by atoms with van der Waals surface area (Å²) in [7, 11) is 0. The van der Waals surface area contributed by atoms with E-state index in [0.29, 0.717) is 11.7 Å². The molecule has 0 atom stereocenters. The molecular formula is C22H24N4O2. The third-order valence-electron chi connectivity index (χ3n) is 5.13. The number of piperazine rings is 1. The van der Waals surface area contributed by atoms with Gasteiger partial charge in [0.05, 0.1) is 0 Å². The lowest BCUT2D eigenvalue weighted by molar-refractivity contribution is -0.132. The number of aromatic nitrogens is 2. The average molecular weight is 376 g/mol. The van der Waals surface area contributed by atoms with Crippen molar-refractivity contribution in [3.8, 4) is 11.4 Å². The Hall–Kier alpha value is -2.99. The van der Waals surface area contributed by atoms with Crippen LogP contribution >= 0.6 is 0 Å². The second kappa shape index (κ2) is 8.35. The molecule has 1 aliphatic heterocycles. The maximum Gasteiger partial charge on any atom is 0.236 e. The van der Waals surface area contributed by atoms with Crippen LogP contribution in [0.2, 0.25) is 0 Å². The molecule has 1 saturated heterocycles. The molecule has 1 aliphatic rings. The van der Waals surface area contributed by atoms with Gasteiger partial charge in [-0.1, -0.05) is 59.8 Å². The monoisotopic (exact) mass is 376 g/mol. The maximum atomic E-state index is 12.6. The van der Waals surface area contributed by atoms with Crippen LogP contribution in [0.15, 0.2) is 59.1 Å². The number of rotatable bonds is 5. The van der Waals surface area contributed by atoms with Crippen LogP contribution in [0.25, 0.3) is 11.4 Å². The van der Waals surface area contributed by atoms with E-state index < -0.39 is 0 Å². The number of aryl methyl sites for hydroxylation is 1. The Morgan fingerprint density at radius 2 is 1.71 bits per heavy atom. The minimum atomic E-state index is 0.0411. The minimum Gasteiger partial charge on any atom is -0.340 e. The Morgan fingerprint density at radius 1 is 1.00 bits per heavy atom. The van der Waals surface area contributed by atoms with Crippen molar-refractivity contribution in [2.45, 2.75) is 19.9 Å². The molecule has 6 heteroatoms. The number of hydrogen-bond donors (Lipinski definition) is 0. The highest BCUT2D eigenvalue weighted by molar-refractivity contribution is 5.78. The fourth-order valence-corrected chi connectivity index (χ4v) is 3.50. The molecule has 0 radical (unpaired) electrons. The van der Waals surface area contributed by atoms with Gasteiger partial charge in [-0.05, 0) is 18.1 Å². The third kappa shape index (κ3) is 4.28.